The SMILES string of the molecule is CC(NCC(C)c1ccncc1)C(=O)Nc1ccc(S(N)(=O)=O)cc1. The zero-order chi connectivity index (χ0) is 18.4. The van der Waals surface area contributed by atoms with Crippen molar-refractivity contribution in [3.05, 3.63) is 54.4 Å². The maximum atomic E-state index is 12.2. The van der Waals surface area contributed by atoms with Crippen molar-refractivity contribution in [3.8, 4) is 0 Å². The number of hydrogen-bond donors (Lipinski definition) is 3. The highest BCUT2D eigenvalue weighted by molar-refractivity contribution is 7.89. The van der Waals surface area contributed by atoms with Gasteiger partial charge in [0.15, 0.2) is 0 Å². The van der Waals surface area contributed by atoms with Gasteiger partial charge in [0.1, 0.15) is 0 Å². The van der Waals surface area contributed by atoms with Crippen LogP contribution in [0, 0.1) is 0 Å². The van der Waals surface area contributed by atoms with Gasteiger partial charge in [0, 0.05) is 24.6 Å². The third kappa shape index (κ3) is 5.63. The zero-order valence-corrected chi connectivity index (χ0v) is 15.0. The van der Waals surface area contributed by atoms with Crippen LogP contribution in [-0.2, 0) is 14.8 Å². The van der Waals surface area contributed by atoms with Crippen LogP contribution in [0.1, 0.15) is 25.3 Å². The van der Waals surface area contributed by atoms with E-state index in [1.54, 1.807) is 19.3 Å². The number of pyridine rings is 1. The Morgan fingerprint density at radius 2 is 1.72 bits per heavy atom. The molecule has 0 aliphatic carbocycles. The molecule has 0 spiro atoms. The molecule has 0 aliphatic heterocycles. The number of carbonyl (C=O) groups excluding carboxylic acids is 1. The van der Waals surface area contributed by atoms with Crippen molar-refractivity contribution < 1.29 is 13.2 Å². The molecule has 0 aliphatic rings. The Bertz CT molecular complexity index is 808. The molecule has 0 radical (unpaired) electrons. The lowest BCUT2D eigenvalue weighted by Gasteiger charge is -2.18. The second-order valence-corrected chi connectivity index (χ2v) is 7.43. The molecule has 7 nitrogen and oxygen atoms in total. The van der Waals surface area contributed by atoms with E-state index >= 15 is 0 Å². The molecule has 8 heteroatoms. The number of hydrogen-bond acceptors (Lipinski definition) is 5. The number of aromatic nitrogens is 1. The lowest BCUT2D eigenvalue weighted by Crippen LogP contribution is -2.39. The van der Waals surface area contributed by atoms with Gasteiger partial charge in [0.05, 0.1) is 10.9 Å². The van der Waals surface area contributed by atoms with Crippen LogP contribution in [0.15, 0.2) is 53.7 Å². The Morgan fingerprint density at radius 3 is 2.28 bits per heavy atom. The predicted molar refractivity (Wildman–Crippen MR) is 96.6 cm³/mol. The second kappa shape index (κ2) is 8.19. The van der Waals surface area contributed by atoms with Gasteiger partial charge in [-0.3, -0.25) is 9.78 Å². The van der Waals surface area contributed by atoms with Gasteiger partial charge in [-0.1, -0.05) is 6.92 Å². The summed E-state index contributed by atoms with van der Waals surface area (Å²) in [5, 5.41) is 11.0. The third-order valence-corrected chi connectivity index (χ3v) is 4.78. The molecule has 1 aromatic heterocycles. The standard InChI is InChI=1S/C17H22N4O3S/c1-12(14-7-9-19-10-8-14)11-20-13(2)17(22)21-15-3-5-16(6-4-15)25(18,23)24/h3-10,12-13,20H,11H2,1-2H3,(H,21,22)(H2,18,23,24). The van der Waals surface area contributed by atoms with Gasteiger partial charge in [-0.15, -0.1) is 0 Å². The van der Waals surface area contributed by atoms with Crippen LogP contribution in [0.4, 0.5) is 5.69 Å². The zero-order valence-electron chi connectivity index (χ0n) is 14.1. The highest BCUT2D eigenvalue weighted by atomic mass is 32.2. The fourth-order valence-corrected chi connectivity index (χ4v) is 2.75. The van der Waals surface area contributed by atoms with Gasteiger partial charge >= 0.3 is 0 Å². The number of benzene rings is 1. The largest absolute Gasteiger partial charge is 0.325 e. The fraction of sp³-hybridized carbons (Fsp3) is 0.294. The lowest BCUT2D eigenvalue weighted by atomic mass is 10.0. The highest BCUT2D eigenvalue weighted by Crippen LogP contribution is 2.14. The summed E-state index contributed by atoms with van der Waals surface area (Å²) < 4.78 is 22.4. The topological polar surface area (TPSA) is 114 Å². The van der Waals surface area contributed by atoms with Crippen LogP contribution < -0.4 is 15.8 Å². The van der Waals surface area contributed by atoms with Gasteiger partial charge in [-0.05, 0) is 54.8 Å². The van der Waals surface area contributed by atoms with Crippen LogP contribution >= 0.6 is 0 Å². The Labute approximate surface area is 147 Å². The van der Waals surface area contributed by atoms with Crippen LogP contribution in [-0.4, -0.2) is 31.9 Å². The van der Waals surface area contributed by atoms with E-state index in [1.807, 2.05) is 12.1 Å². The minimum atomic E-state index is -3.74. The molecule has 1 heterocycles. The number of primary sulfonamides is 1. The summed E-state index contributed by atoms with van der Waals surface area (Å²) in [5.74, 6) is 0.0394. The molecular formula is C17H22N4O3S. The molecule has 0 saturated heterocycles. The van der Waals surface area contributed by atoms with Gasteiger partial charge in [-0.25, -0.2) is 13.6 Å². The van der Waals surface area contributed by atoms with E-state index in [9.17, 15) is 13.2 Å². The summed E-state index contributed by atoms with van der Waals surface area (Å²) in [4.78, 5) is 16.2. The summed E-state index contributed by atoms with van der Waals surface area (Å²) in [7, 11) is -3.74. The van der Waals surface area contributed by atoms with Crippen molar-refractivity contribution in [3.63, 3.8) is 0 Å². The number of nitrogens with two attached hydrogens (primary N) is 1. The Balaban J connectivity index is 1.88. The number of nitrogens with one attached hydrogen (secondary N) is 2. The maximum absolute atomic E-state index is 12.2. The molecule has 0 saturated carbocycles. The van der Waals surface area contributed by atoms with Crippen molar-refractivity contribution in [2.45, 2.75) is 30.7 Å². The highest BCUT2D eigenvalue weighted by Gasteiger charge is 2.15. The van der Waals surface area contributed by atoms with E-state index in [4.69, 9.17) is 5.14 Å². The molecular weight excluding hydrogens is 340 g/mol. The first-order valence-electron chi connectivity index (χ1n) is 7.84. The molecule has 2 atom stereocenters. The van der Waals surface area contributed by atoms with Gasteiger partial charge in [0.25, 0.3) is 0 Å². The molecule has 2 rings (SSSR count). The van der Waals surface area contributed by atoms with Gasteiger partial charge < -0.3 is 10.6 Å². The first-order chi connectivity index (χ1) is 11.8. The Kier molecular flexibility index (Phi) is 6.24. The molecule has 134 valence electrons. The van der Waals surface area contributed by atoms with E-state index < -0.39 is 16.1 Å². The monoisotopic (exact) mass is 362 g/mol. The van der Waals surface area contributed by atoms with Crippen LogP contribution in [0.3, 0.4) is 0 Å². The summed E-state index contributed by atoms with van der Waals surface area (Å²) in [5.41, 5.74) is 1.65. The van der Waals surface area contributed by atoms with Crippen molar-refractivity contribution >= 4 is 21.6 Å². The molecule has 1 amide bonds. The molecule has 0 fully saturated rings. The summed E-state index contributed by atoms with van der Waals surface area (Å²) in [6.45, 7) is 4.48. The number of amides is 1. The van der Waals surface area contributed by atoms with E-state index in [1.165, 1.54) is 24.3 Å². The molecule has 4 N–H and O–H groups in total. The van der Waals surface area contributed by atoms with Crippen LogP contribution in [0.25, 0.3) is 0 Å². The van der Waals surface area contributed by atoms with Gasteiger partial charge in [0.2, 0.25) is 15.9 Å². The maximum Gasteiger partial charge on any atom is 0.241 e. The first-order valence-corrected chi connectivity index (χ1v) is 9.39. The normalized spacial score (nSPS) is 13.9. The second-order valence-electron chi connectivity index (χ2n) is 5.87. The molecule has 0 bridgehead atoms. The Morgan fingerprint density at radius 1 is 1.12 bits per heavy atom. The quantitative estimate of drug-likeness (QED) is 0.690. The lowest BCUT2D eigenvalue weighted by molar-refractivity contribution is -0.117. The Hall–Kier alpha value is -2.29. The predicted octanol–water partition coefficient (Wildman–Crippen LogP) is 1.45. The van der Waals surface area contributed by atoms with E-state index in [0.717, 1.165) is 5.56 Å². The minimum absolute atomic E-state index is 0.00264. The average Bonchev–Trinajstić information content (AvgIpc) is 2.59. The number of anilines is 1. The third-order valence-electron chi connectivity index (χ3n) is 3.85. The van der Waals surface area contributed by atoms with Gasteiger partial charge in [-0.2, -0.15) is 0 Å². The number of rotatable bonds is 7. The molecule has 2 aromatic rings. The van der Waals surface area contributed by atoms with E-state index in [2.05, 4.69) is 22.5 Å². The smallest absolute Gasteiger partial charge is 0.241 e. The summed E-state index contributed by atoms with van der Waals surface area (Å²) >= 11 is 0. The van der Waals surface area contributed by atoms with E-state index in [0.29, 0.717) is 12.2 Å². The van der Waals surface area contributed by atoms with Crippen molar-refractivity contribution in [2.24, 2.45) is 5.14 Å². The average molecular weight is 362 g/mol. The van der Waals surface area contributed by atoms with Crippen LogP contribution in [0.2, 0.25) is 0 Å². The van der Waals surface area contributed by atoms with Crippen LogP contribution in [0.5, 0.6) is 0 Å². The molecule has 2 unspecified atom stereocenters. The summed E-state index contributed by atoms with van der Waals surface area (Å²) in [6.07, 6.45) is 3.49. The summed E-state index contributed by atoms with van der Waals surface area (Å²) in [6, 6.07) is 9.22. The fourth-order valence-electron chi connectivity index (χ4n) is 2.23. The minimum Gasteiger partial charge on any atom is -0.325 e. The van der Waals surface area contributed by atoms with E-state index in [-0.39, 0.29) is 16.7 Å². The number of sulfonamides is 1. The van der Waals surface area contributed by atoms with Crippen molar-refractivity contribution in [1.82, 2.24) is 10.3 Å². The first kappa shape index (κ1) is 19.0. The van der Waals surface area contributed by atoms with Crippen molar-refractivity contribution in [1.29, 1.82) is 0 Å². The molecule has 25 heavy (non-hydrogen) atoms. The number of nitrogens with zero attached hydrogens (tertiary/aromatic N) is 1. The molecule has 1 aromatic carbocycles. The van der Waals surface area contributed by atoms with Crippen molar-refractivity contribution in [2.75, 3.05) is 11.9 Å². The number of carbonyl (C=O) groups is 1.